The van der Waals surface area contributed by atoms with E-state index in [1.165, 1.54) is 0 Å². The van der Waals surface area contributed by atoms with Crippen LogP contribution in [0, 0.1) is 4.91 Å². The van der Waals surface area contributed by atoms with Crippen LogP contribution in [-0.2, 0) is 0 Å². The smallest absolute Gasteiger partial charge is 0.332 e. The zero-order chi connectivity index (χ0) is 8.85. The number of carbonyl (C=O) groups excluding carboxylic acids is 1. The first kappa shape index (κ1) is 9.54. The Kier molecular flexibility index (Phi) is 3.79. The monoisotopic (exact) mass is 158 g/mol. The first-order valence-corrected chi connectivity index (χ1v) is 3.00. The Morgan fingerprint density at radius 2 is 2.18 bits per heavy atom. The van der Waals surface area contributed by atoms with Gasteiger partial charge in [0, 0.05) is 0 Å². The summed E-state index contributed by atoms with van der Waals surface area (Å²) in [5.41, 5.74) is 7.12. The van der Waals surface area contributed by atoms with Gasteiger partial charge in [-0.25, -0.2) is 10.2 Å². The van der Waals surface area contributed by atoms with E-state index in [1.807, 2.05) is 5.43 Å². The molecule has 0 saturated heterocycles. The fourth-order valence-corrected chi connectivity index (χ4v) is 0.313. The molecular formula is C5H10N4O2. The number of carbonyl (C=O) groups is 1. The zero-order valence-corrected chi connectivity index (χ0v) is 6.37. The van der Waals surface area contributed by atoms with E-state index in [0.717, 1.165) is 0 Å². The fraction of sp³-hybridized carbons (Fsp3) is 0.600. The molecule has 1 unspecified atom stereocenters. The van der Waals surface area contributed by atoms with Gasteiger partial charge in [0.15, 0.2) is 0 Å². The molecule has 0 fully saturated rings. The maximum atomic E-state index is 10.1. The van der Waals surface area contributed by atoms with E-state index in [2.05, 4.69) is 10.3 Å². The fourth-order valence-electron chi connectivity index (χ4n) is 0.313. The summed E-state index contributed by atoms with van der Waals surface area (Å²) in [5.74, 6) is 0. The number of nitrogens with one attached hydrogen (secondary N) is 1. The van der Waals surface area contributed by atoms with Crippen LogP contribution in [0.5, 0.6) is 0 Å². The van der Waals surface area contributed by atoms with Crippen LogP contribution in [-0.4, -0.2) is 17.8 Å². The topological polar surface area (TPSA) is 96.9 Å². The Morgan fingerprint density at radius 3 is 2.55 bits per heavy atom. The van der Waals surface area contributed by atoms with Gasteiger partial charge in [-0.05, 0) is 13.8 Å². The Hall–Kier alpha value is -1.46. The highest BCUT2D eigenvalue weighted by atomic mass is 16.3. The summed E-state index contributed by atoms with van der Waals surface area (Å²) in [6, 6.07) is -1.30. The minimum atomic E-state index is -0.762. The summed E-state index contributed by atoms with van der Waals surface area (Å²) < 4.78 is 0. The molecule has 11 heavy (non-hydrogen) atoms. The third-order valence-corrected chi connectivity index (χ3v) is 1.11. The molecule has 0 aliphatic carbocycles. The van der Waals surface area contributed by atoms with Gasteiger partial charge in [-0.15, -0.1) is 0 Å². The van der Waals surface area contributed by atoms with E-state index in [9.17, 15) is 9.70 Å². The number of amides is 2. The van der Waals surface area contributed by atoms with Gasteiger partial charge in [0.25, 0.3) is 0 Å². The van der Waals surface area contributed by atoms with Crippen LogP contribution in [0.15, 0.2) is 10.3 Å². The van der Waals surface area contributed by atoms with Crippen molar-refractivity contribution in [2.45, 2.75) is 19.9 Å². The van der Waals surface area contributed by atoms with Crippen molar-refractivity contribution in [3.05, 3.63) is 4.91 Å². The van der Waals surface area contributed by atoms with E-state index in [1.54, 1.807) is 13.8 Å². The second kappa shape index (κ2) is 4.37. The van der Waals surface area contributed by atoms with E-state index in [4.69, 9.17) is 5.73 Å². The first-order valence-electron chi connectivity index (χ1n) is 3.00. The quantitative estimate of drug-likeness (QED) is 0.348. The number of nitroso groups, excluding NO2 is 1. The lowest BCUT2D eigenvalue weighted by atomic mass is 10.2. The van der Waals surface area contributed by atoms with Crippen molar-refractivity contribution >= 4 is 11.7 Å². The maximum Gasteiger partial charge on any atom is 0.332 e. The number of primary amides is 1. The van der Waals surface area contributed by atoms with Crippen LogP contribution in [0.3, 0.4) is 0 Å². The van der Waals surface area contributed by atoms with E-state index >= 15 is 0 Å². The number of hydrogen-bond donors (Lipinski definition) is 2. The van der Waals surface area contributed by atoms with Gasteiger partial charge < -0.3 is 5.73 Å². The Morgan fingerprint density at radius 1 is 1.64 bits per heavy atom. The molecule has 0 heterocycles. The molecule has 0 aromatic carbocycles. The summed E-state index contributed by atoms with van der Waals surface area (Å²) in [6.07, 6.45) is 0. The molecule has 0 radical (unpaired) electrons. The lowest BCUT2D eigenvalue weighted by molar-refractivity contribution is 0.249. The van der Waals surface area contributed by atoms with Gasteiger partial charge in [-0.2, -0.15) is 10.0 Å². The Labute approximate surface area is 63.8 Å². The average molecular weight is 158 g/mol. The van der Waals surface area contributed by atoms with E-state index in [-0.39, 0.29) is 0 Å². The molecule has 0 rings (SSSR count). The molecule has 0 aromatic heterocycles. The number of hydrogen-bond acceptors (Lipinski definition) is 4. The molecule has 1 atom stereocenters. The van der Waals surface area contributed by atoms with Crippen LogP contribution in [0.4, 0.5) is 4.79 Å². The summed E-state index contributed by atoms with van der Waals surface area (Å²) in [7, 11) is 0. The molecule has 0 aliphatic rings. The molecule has 0 saturated carbocycles. The molecule has 3 N–H and O–H groups in total. The van der Waals surface area contributed by atoms with Crippen LogP contribution in [0.25, 0.3) is 0 Å². The molecule has 0 bridgehead atoms. The van der Waals surface area contributed by atoms with Gasteiger partial charge in [-0.3, -0.25) is 0 Å². The van der Waals surface area contributed by atoms with E-state index in [0.29, 0.717) is 5.71 Å². The highest BCUT2D eigenvalue weighted by Gasteiger charge is 2.04. The van der Waals surface area contributed by atoms with Crippen molar-refractivity contribution in [3.8, 4) is 0 Å². The molecule has 6 nitrogen and oxygen atoms in total. The molecule has 0 aromatic rings. The van der Waals surface area contributed by atoms with Gasteiger partial charge in [-0.1, -0.05) is 5.18 Å². The molecule has 0 aliphatic heterocycles. The van der Waals surface area contributed by atoms with E-state index < -0.39 is 12.1 Å². The number of nitrogens with two attached hydrogens (primary N) is 1. The number of hydrazone groups is 1. The zero-order valence-electron chi connectivity index (χ0n) is 6.37. The third-order valence-electron chi connectivity index (χ3n) is 1.11. The van der Waals surface area contributed by atoms with Crippen LogP contribution >= 0.6 is 0 Å². The predicted octanol–water partition coefficient (Wildman–Crippen LogP) is 0.185. The summed E-state index contributed by atoms with van der Waals surface area (Å²) in [5, 5.41) is 6.19. The van der Waals surface area contributed by atoms with Crippen LogP contribution in [0.1, 0.15) is 13.8 Å². The highest BCUT2D eigenvalue weighted by Crippen LogP contribution is 1.90. The first-order chi connectivity index (χ1) is 5.07. The number of nitrogens with zero attached hydrogens (tertiary/aromatic N) is 2. The van der Waals surface area contributed by atoms with Gasteiger partial charge in [0.1, 0.15) is 6.04 Å². The second-order valence-corrected chi connectivity index (χ2v) is 2.01. The molecule has 62 valence electrons. The van der Waals surface area contributed by atoms with Crippen molar-refractivity contribution < 1.29 is 4.79 Å². The minimum Gasteiger partial charge on any atom is -0.350 e. The normalized spacial score (nSPS) is 13.8. The Bertz CT molecular complexity index is 189. The van der Waals surface area contributed by atoms with Crippen molar-refractivity contribution in [2.24, 2.45) is 16.0 Å². The molecule has 2 amide bonds. The lowest BCUT2D eigenvalue weighted by Gasteiger charge is -1.99. The average Bonchev–Trinajstić information content (AvgIpc) is 1.98. The highest BCUT2D eigenvalue weighted by molar-refractivity contribution is 5.88. The van der Waals surface area contributed by atoms with Crippen molar-refractivity contribution in [3.63, 3.8) is 0 Å². The largest absolute Gasteiger partial charge is 0.350 e. The van der Waals surface area contributed by atoms with Gasteiger partial charge in [0.05, 0.1) is 5.71 Å². The third kappa shape index (κ3) is 4.01. The summed E-state index contributed by atoms with van der Waals surface area (Å²) in [4.78, 5) is 20.0. The summed E-state index contributed by atoms with van der Waals surface area (Å²) >= 11 is 0. The SMILES string of the molecule is CC(=NNC(N)=O)C(C)N=O. The van der Waals surface area contributed by atoms with Gasteiger partial charge >= 0.3 is 6.03 Å². The standard InChI is InChI=1S/C5H10N4O2/c1-3(4(2)9-11)7-8-5(6)10/h4H,1-2H3,(H3,6,8,10). The number of rotatable bonds is 3. The molecule has 6 heteroatoms. The van der Waals surface area contributed by atoms with Crippen LogP contribution < -0.4 is 11.2 Å². The Balaban J connectivity index is 3.99. The van der Waals surface area contributed by atoms with Gasteiger partial charge in [0.2, 0.25) is 0 Å². The minimum absolute atomic E-state index is 0.416. The van der Waals surface area contributed by atoms with Crippen molar-refractivity contribution in [1.29, 1.82) is 0 Å². The predicted molar refractivity (Wildman–Crippen MR) is 41.1 cm³/mol. The van der Waals surface area contributed by atoms with Crippen LogP contribution in [0.2, 0.25) is 0 Å². The lowest BCUT2D eigenvalue weighted by Crippen LogP contribution is -2.27. The molecule has 0 spiro atoms. The second-order valence-electron chi connectivity index (χ2n) is 2.01. The number of urea groups is 1. The van der Waals surface area contributed by atoms with Crippen molar-refractivity contribution in [2.75, 3.05) is 0 Å². The summed E-state index contributed by atoms with van der Waals surface area (Å²) in [6.45, 7) is 3.14. The molecular weight excluding hydrogens is 148 g/mol. The maximum absolute atomic E-state index is 10.1. The van der Waals surface area contributed by atoms with Crippen molar-refractivity contribution in [1.82, 2.24) is 5.43 Å².